The third-order valence-corrected chi connectivity index (χ3v) is 3.63. The molecule has 2 saturated heterocycles. The van der Waals surface area contributed by atoms with Crippen LogP contribution in [0, 0.1) is 5.92 Å². The van der Waals surface area contributed by atoms with Crippen molar-refractivity contribution in [1.29, 1.82) is 0 Å². The standard InChI is InChI=1S/C12H24N2O/c1-9(2)14-6-4-5-11(8-14)12-13-7-10(3)15-12/h9-13H,4-8H2,1-3H3. The molecule has 0 spiro atoms. The Bertz CT molecular complexity index is 208. The van der Waals surface area contributed by atoms with Gasteiger partial charge in [-0.2, -0.15) is 0 Å². The number of hydrogen-bond donors (Lipinski definition) is 1. The van der Waals surface area contributed by atoms with Crippen molar-refractivity contribution in [3.05, 3.63) is 0 Å². The molecule has 0 amide bonds. The van der Waals surface area contributed by atoms with Gasteiger partial charge in [0.2, 0.25) is 0 Å². The van der Waals surface area contributed by atoms with Crippen LogP contribution in [-0.4, -0.2) is 42.9 Å². The van der Waals surface area contributed by atoms with Crippen LogP contribution in [0.3, 0.4) is 0 Å². The predicted molar refractivity (Wildman–Crippen MR) is 61.8 cm³/mol. The molecule has 2 fully saturated rings. The molecule has 0 bridgehead atoms. The van der Waals surface area contributed by atoms with Crippen molar-refractivity contribution < 1.29 is 4.74 Å². The van der Waals surface area contributed by atoms with E-state index in [0.717, 1.165) is 6.54 Å². The molecule has 15 heavy (non-hydrogen) atoms. The number of rotatable bonds is 2. The van der Waals surface area contributed by atoms with Gasteiger partial charge in [-0.25, -0.2) is 0 Å². The van der Waals surface area contributed by atoms with E-state index in [1.807, 2.05) is 0 Å². The summed E-state index contributed by atoms with van der Waals surface area (Å²) in [5, 5.41) is 3.49. The molecule has 3 nitrogen and oxygen atoms in total. The summed E-state index contributed by atoms with van der Waals surface area (Å²) in [5.41, 5.74) is 0. The molecule has 0 radical (unpaired) electrons. The Hall–Kier alpha value is -0.120. The summed E-state index contributed by atoms with van der Waals surface area (Å²) >= 11 is 0. The fourth-order valence-corrected chi connectivity index (χ4v) is 2.66. The highest BCUT2D eigenvalue weighted by Gasteiger charge is 2.32. The van der Waals surface area contributed by atoms with E-state index in [1.54, 1.807) is 0 Å². The number of piperidine rings is 1. The number of nitrogens with one attached hydrogen (secondary N) is 1. The van der Waals surface area contributed by atoms with E-state index >= 15 is 0 Å². The average Bonchev–Trinajstić information content (AvgIpc) is 2.65. The monoisotopic (exact) mass is 212 g/mol. The SMILES string of the molecule is CC1CNC(C2CCCN(C(C)C)C2)O1. The highest BCUT2D eigenvalue weighted by molar-refractivity contribution is 4.83. The van der Waals surface area contributed by atoms with Crippen LogP contribution in [0.15, 0.2) is 0 Å². The van der Waals surface area contributed by atoms with Crippen LogP contribution in [0.2, 0.25) is 0 Å². The van der Waals surface area contributed by atoms with E-state index in [2.05, 4.69) is 31.0 Å². The van der Waals surface area contributed by atoms with Crippen molar-refractivity contribution in [2.45, 2.75) is 52.0 Å². The quantitative estimate of drug-likeness (QED) is 0.749. The lowest BCUT2D eigenvalue weighted by molar-refractivity contribution is -0.0171. The van der Waals surface area contributed by atoms with Crippen molar-refractivity contribution in [3.63, 3.8) is 0 Å². The van der Waals surface area contributed by atoms with Crippen LogP contribution in [0.5, 0.6) is 0 Å². The minimum atomic E-state index is 0.307. The van der Waals surface area contributed by atoms with E-state index < -0.39 is 0 Å². The van der Waals surface area contributed by atoms with E-state index in [4.69, 9.17) is 4.74 Å². The van der Waals surface area contributed by atoms with Gasteiger partial charge in [0.25, 0.3) is 0 Å². The Morgan fingerprint density at radius 1 is 1.40 bits per heavy atom. The normalized spacial score (nSPS) is 38.8. The van der Waals surface area contributed by atoms with Gasteiger partial charge >= 0.3 is 0 Å². The smallest absolute Gasteiger partial charge is 0.112 e. The molecule has 3 atom stereocenters. The third-order valence-electron chi connectivity index (χ3n) is 3.63. The predicted octanol–water partition coefficient (Wildman–Crippen LogP) is 1.44. The topological polar surface area (TPSA) is 24.5 Å². The minimum Gasteiger partial charge on any atom is -0.359 e. The molecular weight excluding hydrogens is 188 g/mol. The molecule has 2 heterocycles. The number of nitrogens with zero attached hydrogens (tertiary/aromatic N) is 1. The lowest BCUT2D eigenvalue weighted by Crippen LogP contribution is -2.46. The zero-order valence-corrected chi connectivity index (χ0v) is 10.2. The Kier molecular flexibility index (Phi) is 3.65. The molecule has 0 aromatic carbocycles. The highest BCUT2D eigenvalue weighted by atomic mass is 16.5. The van der Waals surface area contributed by atoms with E-state index in [9.17, 15) is 0 Å². The van der Waals surface area contributed by atoms with Crippen molar-refractivity contribution in [2.24, 2.45) is 5.92 Å². The van der Waals surface area contributed by atoms with Gasteiger partial charge in [-0.05, 0) is 40.2 Å². The van der Waals surface area contributed by atoms with Crippen molar-refractivity contribution in [3.8, 4) is 0 Å². The molecular formula is C12H24N2O. The molecule has 0 saturated carbocycles. The number of likely N-dealkylation sites (tertiary alicyclic amines) is 1. The molecule has 1 N–H and O–H groups in total. The van der Waals surface area contributed by atoms with Gasteiger partial charge in [0, 0.05) is 25.0 Å². The van der Waals surface area contributed by atoms with Crippen LogP contribution in [0.4, 0.5) is 0 Å². The maximum Gasteiger partial charge on any atom is 0.112 e. The fraction of sp³-hybridized carbons (Fsp3) is 1.00. The molecule has 3 unspecified atom stereocenters. The van der Waals surface area contributed by atoms with E-state index in [0.29, 0.717) is 24.3 Å². The molecule has 2 aliphatic heterocycles. The van der Waals surface area contributed by atoms with Crippen molar-refractivity contribution in [2.75, 3.05) is 19.6 Å². The Labute approximate surface area is 93.2 Å². The van der Waals surface area contributed by atoms with Gasteiger partial charge in [-0.3, -0.25) is 5.32 Å². The van der Waals surface area contributed by atoms with Crippen LogP contribution < -0.4 is 5.32 Å². The summed E-state index contributed by atoms with van der Waals surface area (Å²) in [5.74, 6) is 0.686. The maximum absolute atomic E-state index is 5.89. The molecule has 0 aromatic heterocycles. The minimum absolute atomic E-state index is 0.307. The van der Waals surface area contributed by atoms with Gasteiger partial charge in [0.05, 0.1) is 6.10 Å². The van der Waals surface area contributed by atoms with Crippen LogP contribution in [-0.2, 0) is 4.74 Å². The van der Waals surface area contributed by atoms with Gasteiger partial charge in [0.15, 0.2) is 0 Å². The Morgan fingerprint density at radius 2 is 2.20 bits per heavy atom. The fourth-order valence-electron chi connectivity index (χ4n) is 2.66. The first kappa shape index (κ1) is 11.4. The second kappa shape index (κ2) is 4.81. The largest absolute Gasteiger partial charge is 0.359 e. The van der Waals surface area contributed by atoms with Crippen LogP contribution in [0.25, 0.3) is 0 Å². The second-order valence-corrected chi connectivity index (χ2v) is 5.27. The second-order valence-electron chi connectivity index (χ2n) is 5.27. The first-order valence-electron chi connectivity index (χ1n) is 6.29. The Balaban J connectivity index is 1.87. The maximum atomic E-state index is 5.89. The summed E-state index contributed by atoms with van der Waals surface area (Å²) in [4.78, 5) is 2.57. The van der Waals surface area contributed by atoms with E-state index in [1.165, 1.54) is 25.9 Å². The summed E-state index contributed by atoms with van der Waals surface area (Å²) in [6.45, 7) is 10.2. The zero-order valence-electron chi connectivity index (χ0n) is 10.2. The molecule has 0 aliphatic carbocycles. The van der Waals surface area contributed by atoms with E-state index in [-0.39, 0.29) is 0 Å². The first-order chi connectivity index (χ1) is 7.16. The lowest BCUT2D eigenvalue weighted by Gasteiger charge is -2.37. The van der Waals surface area contributed by atoms with Gasteiger partial charge in [-0.1, -0.05) is 0 Å². The molecule has 0 aromatic rings. The number of hydrogen-bond acceptors (Lipinski definition) is 3. The number of ether oxygens (including phenoxy) is 1. The molecule has 88 valence electrons. The summed E-state index contributed by atoms with van der Waals surface area (Å²) in [7, 11) is 0. The van der Waals surface area contributed by atoms with Crippen molar-refractivity contribution >= 4 is 0 Å². The molecule has 2 rings (SSSR count). The van der Waals surface area contributed by atoms with Gasteiger partial charge < -0.3 is 9.64 Å². The third kappa shape index (κ3) is 2.71. The summed E-state index contributed by atoms with van der Waals surface area (Å²) in [6.07, 6.45) is 3.33. The summed E-state index contributed by atoms with van der Waals surface area (Å²) < 4.78 is 5.89. The molecule has 2 aliphatic rings. The first-order valence-corrected chi connectivity index (χ1v) is 6.29. The Morgan fingerprint density at radius 3 is 2.80 bits per heavy atom. The lowest BCUT2D eigenvalue weighted by atomic mass is 9.95. The highest BCUT2D eigenvalue weighted by Crippen LogP contribution is 2.24. The van der Waals surface area contributed by atoms with Gasteiger partial charge in [-0.15, -0.1) is 0 Å². The van der Waals surface area contributed by atoms with Gasteiger partial charge in [0.1, 0.15) is 6.23 Å². The summed E-state index contributed by atoms with van der Waals surface area (Å²) in [6, 6.07) is 0.673. The zero-order chi connectivity index (χ0) is 10.8. The average molecular weight is 212 g/mol. The van der Waals surface area contributed by atoms with Crippen LogP contribution >= 0.6 is 0 Å². The van der Waals surface area contributed by atoms with Crippen LogP contribution in [0.1, 0.15) is 33.6 Å². The van der Waals surface area contributed by atoms with Crippen molar-refractivity contribution in [1.82, 2.24) is 10.2 Å². The molecule has 3 heteroatoms.